The van der Waals surface area contributed by atoms with Gasteiger partial charge in [0.05, 0.1) is 11.7 Å². The van der Waals surface area contributed by atoms with E-state index < -0.39 is 0 Å². The van der Waals surface area contributed by atoms with Crippen molar-refractivity contribution in [3.05, 3.63) is 71.8 Å². The van der Waals surface area contributed by atoms with Crippen LogP contribution in [0.15, 0.2) is 60.7 Å². The first kappa shape index (κ1) is 22.4. The predicted molar refractivity (Wildman–Crippen MR) is 136 cm³/mol. The molecule has 2 amide bonds. The average Bonchev–Trinajstić information content (AvgIpc) is 3.41. The number of carbonyl (C=O) groups is 2. The third kappa shape index (κ3) is 4.92. The van der Waals surface area contributed by atoms with E-state index in [0.717, 1.165) is 61.8 Å². The summed E-state index contributed by atoms with van der Waals surface area (Å²) < 4.78 is 5.66. The molecular weight excluding hydrogens is 426 g/mol. The van der Waals surface area contributed by atoms with E-state index in [1.165, 1.54) is 6.42 Å². The van der Waals surface area contributed by atoms with E-state index in [0.29, 0.717) is 23.4 Å². The number of benzene rings is 3. The summed E-state index contributed by atoms with van der Waals surface area (Å²) in [5.74, 6) is -0.314. The number of rotatable bonds is 6. The van der Waals surface area contributed by atoms with E-state index in [2.05, 4.69) is 15.5 Å². The zero-order chi connectivity index (χ0) is 23.3. The number of anilines is 2. The van der Waals surface area contributed by atoms with Gasteiger partial charge in [0.2, 0.25) is 0 Å². The van der Waals surface area contributed by atoms with Crippen molar-refractivity contribution in [1.82, 2.24) is 5.32 Å². The Labute approximate surface area is 200 Å². The lowest BCUT2D eigenvalue weighted by Crippen LogP contribution is -2.35. The molecule has 0 bridgehead atoms. The van der Waals surface area contributed by atoms with Crippen LogP contribution >= 0.6 is 0 Å². The summed E-state index contributed by atoms with van der Waals surface area (Å²) in [6.07, 6.45) is 5.55. The number of nitrogens with one attached hydrogen (secondary N) is 2. The Balaban J connectivity index is 1.40. The molecule has 0 aromatic heterocycles. The molecule has 2 heterocycles. The van der Waals surface area contributed by atoms with Gasteiger partial charge in [-0.2, -0.15) is 0 Å². The molecule has 0 saturated carbocycles. The lowest BCUT2D eigenvalue weighted by Gasteiger charge is -2.30. The summed E-state index contributed by atoms with van der Waals surface area (Å²) in [7, 11) is 0. The lowest BCUT2D eigenvalue weighted by molar-refractivity contribution is 0.0858. The number of ether oxygens (including phenoxy) is 1. The maximum absolute atomic E-state index is 13.2. The highest BCUT2D eigenvalue weighted by molar-refractivity contribution is 6.13. The molecule has 2 fully saturated rings. The molecule has 2 aliphatic rings. The van der Waals surface area contributed by atoms with Crippen LogP contribution in [0.3, 0.4) is 0 Å². The topological polar surface area (TPSA) is 70.7 Å². The van der Waals surface area contributed by atoms with Gasteiger partial charge in [0.15, 0.2) is 0 Å². The van der Waals surface area contributed by atoms with Crippen molar-refractivity contribution in [1.29, 1.82) is 0 Å². The summed E-state index contributed by atoms with van der Waals surface area (Å²) in [6.45, 7) is 3.14. The molecule has 0 radical (unpaired) electrons. The summed E-state index contributed by atoms with van der Waals surface area (Å²) in [6, 6.07) is 19.2. The van der Waals surface area contributed by atoms with Crippen molar-refractivity contribution >= 4 is 34.0 Å². The molecule has 176 valence electrons. The number of piperidine rings is 1. The molecule has 3 aromatic carbocycles. The second-order valence-electron chi connectivity index (χ2n) is 9.11. The molecule has 6 nitrogen and oxygen atoms in total. The fourth-order valence-electron chi connectivity index (χ4n) is 4.94. The Morgan fingerprint density at radius 2 is 1.71 bits per heavy atom. The van der Waals surface area contributed by atoms with Crippen LogP contribution in [0, 0.1) is 0 Å². The van der Waals surface area contributed by atoms with Crippen LogP contribution in [0.25, 0.3) is 10.8 Å². The van der Waals surface area contributed by atoms with E-state index in [9.17, 15) is 9.59 Å². The SMILES string of the molecule is O=C(NCC1CCCO1)c1cc(NC(=O)c2cccc3ccccc23)ccc1N1CCCCC1. The minimum absolute atomic E-state index is 0.0802. The van der Waals surface area contributed by atoms with Gasteiger partial charge in [-0.15, -0.1) is 0 Å². The number of hydrogen-bond donors (Lipinski definition) is 2. The maximum atomic E-state index is 13.2. The Morgan fingerprint density at radius 3 is 2.53 bits per heavy atom. The fourth-order valence-corrected chi connectivity index (χ4v) is 4.94. The normalized spacial score (nSPS) is 18.1. The average molecular weight is 458 g/mol. The fraction of sp³-hybridized carbons (Fsp3) is 0.357. The van der Waals surface area contributed by atoms with Crippen molar-refractivity contribution in [3.8, 4) is 0 Å². The molecule has 2 saturated heterocycles. The molecule has 2 aliphatic heterocycles. The van der Waals surface area contributed by atoms with Crippen molar-refractivity contribution in [3.63, 3.8) is 0 Å². The van der Waals surface area contributed by atoms with Gasteiger partial charge in [-0.1, -0.05) is 36.4 Å². The number of nitrogens with zero attached hydrogens (tertiary/aromatic N) is 1. The van der Waals surface area contributed by atoms with E-state index in [1.54, 1.807) is 6.07 Å². The van der Waals surface area contributed by atoms with Gasteiger partial charge < -0.3 is 20.3 Å². The van der Waals surface area contributed by atoms with Crippen LogP contribution in [-0.4, -0.2) is 44.2 Å². The number of fused-ring (bicyclic) bond motifs is 1. The van der Waals surface area contributed by atoms with Gasteiger partial charge in [-0.05, 0) is 67.1 Å². The second-order valence-corrected chi connectivity index (χ2v) is 9.11. The maximum Gasteiger partial charge on any atom is 0.256 e. The molecule has 2 N–H and O–H groups in total. The molecule has 34 heavy (non-hydrogen) atoms. The van der Waals surface area contributed by atoms with E-state index in [1.807, 2.05) is 54.6 Å². The van der Waals surface area contributed by atoms with Gasteiger partial charge in [0.1, 0.15) is 0 Å². The van der Waals surface area contributed by atoms with Crippen molar-refractivity contribution in [2.24, 2.45) is 0 Å². The van der Waals surface area contributed by atoms with Gasteiger partial charge in [-0.25, -0.2) is 0 Å². The Hall–Kier alpha value is -3.38. The molecule has 1 atom stereocenters. The number of amides is 2. The summed E-state index contributed by atoms with van der Waals surface area (Å²) >= 11 is 0. The minimum atomic E-state index is -0.187. The molecule has 1 unspecified atom stereocenters. The van der Waals surface area contributed by atoms with Crippen LogP contribution in [0.1, 0.15) is 52.8 Å². The lowest BCUT2D eigenvalue weighted by atomic mass is 10.0. The van der Waals surface area contributed by atoms with E-state index in [-0.39, 0.29) is 17.9 Å². The highest BCUT2D eigenvalue weighted by Crippen LogP contribution is 2.28. The first-order valence-electron chi connectivity index (χ1n) is 12.3. The van der Waals surface area contributed by atoms with Crippen molar-refractivity contribution < 1.29 is 14.3 Å². The van der Waals surface area contributed by atoms with Crippen LogP contribution in [0.2, 0.25) is 0 Å². The molecule has 0 spiro atoms. The van der Waals surface area contributed by atoms with Crippen molar-refractivity contribution in [2.45, 2.75) is 38.2 Å². The van der Waals surface area contributed by atoms with E-state index >= 15 is 0 Å². The summed E-state index contributed by atoms with van der Waals surface area (Å²) in [4.78, 5) is 28.7. The van der Waals surface area contributed by atoms with E-state index in [4.69, 9.17) is 4.74 Å². The highest BCUT2D eigenvalue weighted by atomic mass is 16.5. The molecule has 5 rings (SSSR count). The largest absolute Gasteiger partial charge is 0.376 e. The number of hydrogen-bond acceptors (Lipinski definition) is 4. The van der Waals surface area contributed by atoms with Crippen LogP contribution in [-0.2, 0) is 4.74 Å². The first-order chi connectivity index (χ1) is 16.7. The second kappa shape index (κ2) is 10.3. The number of carbonyl (C=O) groups excluding carboxylic acids is 2. The van der Waals surface area contributed by atoms with Gasteiger partial charge in [0, 0.05) is 43.2 Å². The molecular formula is C28H31N3O3. The minimum Gasteiger partial charge on any atom is -0.376 e. The standard InChI is InChI=1S/C28H31N3O3/c32-27(29-19-22-10-7-17-34-22)25-18-21(13-14-26(25)31-15-4-1-5-16-31)30-28(33)24-12-6-9-20-8-2-3-11-23(20)24/h2-3,6,8-9,11-14,18,22H,1,4-5,7,10,15-17,19H2,(H,29,32)(H,30,33). The summed E-state index contributed by atoms with van der Waals surface area (Å²) in [5, 5.41) is 7.99. The van der Waals surface area contributed by atoms with Crippen LogP contribution < -0.4 is 15.5 Å². The third-order valence-electron chi connectivity index (χ3n) is 6.74. The molecule has 6 heteroatoms. The van der Waals surface area contributed by atoms with Gasteiger partial charge in [0.25, 0.3) is 11.8 Å². The Morgan fingerprint density at radius 1 is 0.882 bits per heavy atom. The Kier molecular flexibility index (Phi) is 6.77. The quantitative estimate of drug-likeness (QED) is 0.547. The molecule has 0 aliphatic carbocycles. The molecule has 3 aromatic rings. The smallest absolute Gasteiger partial charge is 0.256 e. The van der Waals surface area contributed by atoms with Crippen molar-refractivity contribution in [2.75, 3.05) is 36.5 Å². The first-order valence-corrected chi connectivity index (χ1v) is 12.3. The highest BCUT2D eigenvalue weighted by Gasteiger charge is 2.22. The van der Waals surface area contributed by atoms with Gasteiger partial charge in [-0.3, -0.25) is 9.59 Å². The van der Waals surface area contributed by atoms with Crippen LogP contribution in [0.5, 0.6) is 0 Å². The van der Waals surface area contributed by atoms with Gasteiger partial charge >= 0.3 is 0 Å². The third-order valence-corrected chi connectivity index (χ3v) is 6.74. The zero-order valence-electron chi connectivity index (χ0n) is 19.4. The van der Waals surface area contributed by atoms with Crippen LogP contribution in [0.4, 0.5) is 11.4 Å². The monoisotopic (exact) mass is 457 g/mol. The zero-order valence-corrected chi connectivity index (χ0v) is 19.4. The summed E-state index contributed by atoms with van der Waals surface area (Å²) in [5.41, 5.74) is 2.74. The predicted octanol–water partition coefficient (Wildman–Crippen LogP) is 4.99. The Bertz CT molecular complexity index is 1180.